The van der Waals surface area contributed by atoms with E-state index in [0.717, 1.165) is 43.1 Å². The number of hydrogen-bond acceptors (Lipinski definition) is 5. The maximum atomic E-state index is 12.7. The van der Waals surface area contributed by atoms with Gasteiger partial charge in [0, 0.05) is 25.2 Å². The van der Waals surface area contributed by atoms with E-state index >= 15 is 0 Å². The van der Waals surface area contributed by atoms with Crippen LogP contribution in [0.3, 0.4) is 0 Å². The maximum Gasteiger partial charge on any atom is 0.410 e. The Labute approximate surface area is 197 Å². The van der Waals surface area contributed by atoms with Crippen molar-refractivity contribution in [1.29, 1.82) is 0 Å². The predicted octanol–water partition coefficient (Wildman–Crippen LogP) is 5.05. The van der Waals surface area contributed by atoms with E-state index in [-0.39, 0.29) is 6.09 Å². The Balaban J connectivity index is 1.61. The number of methoxy groups -OCH3 is 1. The summed E-state index contributed by atoms with van der Waals surface area (Å²) < 4.78 is 17.4. The van der Waals surface area contributed by atoms with Gasteiger partial charge in [0.15, 0.2) is 0 Å². The summed E-state index contributed by atoms with van der Waals surface area (Å²) >= 11 is 0. The fraction of sp³-hybridized carbons (Fsp3) is 0.519. The molecule has 2 aromatic carbocycles. The Hall–Kier alpha value is -2.89. The molecule has 6 nitrogen and oxygen atoms in total. The van der Waals surface area contributed by atoms with E-state index in [4.69, 9.17) is 14.2 Å². The number of amides is 1. The SMILES string of the molecule is COc1ccc(C)cc1CN1CCOc2cc3c(c(C)c21)CCN(C(=O)OC(C)(C)C)CC3. The molecule has 0 aromatic heterocycles. The average Bonchev–Trinajstić information content (AvgIpc) is 2.96. The molecule has 6 heteroatoms. The normalized spacial score (nSPS) is 15.8. The first-order valence-electron chi connectivity index (χ1n) is 11.8. The average molecular weight is 453 g/mol. The Kier molecular flexibility index (Phi) is 6.46. The lowest BCUT2D eigenvalue weighted by Crippen LogP contribution is -2.38. The summed E-state index contributed by atoms with van der Waals surface area (Å²) in [7, 11) is 1.73. The molecule has 2 aliphatic rings. The van der Waals surface area contributed by atoms with Crippen LogP contribution < -0.4 is 14.4 Å². The third-order valence-electron chi connectivity index (χ3n) is 6.40. The van der Waals surface area contributed by atoms with Crippen LogP contribution in [0.25, 0.3) is 0 Å². The van der Waals surface area contributed by atoms with Crippen molar-refractivity contribution in [3.8, 4) is 11.5 Å². The number of anilines is 1. The summed E-state index contributed by atoms with van der Waals surface area (Å²) in [6, 6.07) is 8.51. The van der Waals surface area contributed by atoms with Gasteiger partial charge in [-0.2, -0.15) is 0 Å². The molecule has 33 heavy (non-hydrogen) atoms. The Morgan fingerprint density at radius 1 is 1.09 bits per heavy atom. The minimum atomic E-state index is -0.490. The van der Waals surface area contributed by atoms with Gasteiger partial charge in [0.25, 0.3) is 0 Å². The van der Waals surface area contributed by atoms with Crippen LogP contribution in [0.4, 0.5) is 10.5 Å². The fourth-order valence-corrected chi connectivity index (χ4v) is 4.85. The minimum Gasteiger partial charge on any atom is -0.496 e. The van der Waals surface area contributed by atoms with Gasteiger partial charge in [-0.05, 0) is 76.3 Å². The molecule has 178 valence electrons. The van der Waals surface area contributed by atoms with Crippen LogP contribution in [0.15, 0.2) is 24.3 Å². The van der Waals surface area contributed by atoms with Crippen LogP contribution in [0.5, 0.6) is 11.5 Å². The van der Waals surface area contributed by atoms with Gasteiger partial charge in [-0.1, -0.05) is 17.7 Å². The lowest BCUT2D eigenvalue weighted by Gasteiger charge is -2.34. The highest BCUT2D eigenvalue weighted by Gasteiger charge is 2.29. The van der Waals surface area contributed by atoms with Gasteiger partial charge >= 0.3 is 6.09 Å². The topological polar surface area (TPSA) is 51.2 Å². The molecule has 0 radical (unpaired) electrons. The molecule has 0 atom stereocenters. The summed E-state index contributed by atoms with van der Waals surface area (Å²) in [6.07, 6.45) is 1.38. The number of fused-ring (bicyclic) bond motifs is 2. The highest BCUT2D eigenvalue weighted by atomic mass is 16.6. The lowest BCUT2D eigenvalue weighted by molar-refractivity contribution is 0.0258. The molecule has 0 saturated carbocycles. The molecule has 1 amide bonds. The fourth-order valence-electron chi connectivity index (χ4n) is 4.85. The Bertz CT molecular complexity index is 1040. The number of nitrogens with zero attached hydrogens (tertiary/aromatic N) is 2. The maximum absolute atomic E-state index is 12.7. The highest BCUT2D eigenvalue weighted by molar-refractivity contribution is 5.71. The van der Waals surface area contributed by atoms with Gasteiger partial charge in [-0.25, -0.2) is 4.79 Å². The molecular weight excluding hydrogens is 416 g/mol. The molecule has 0 saturated heterocycles. The van der Waals surface area contributed by atoms with Gasteiger partial charge in [-0.3, -0.25) is 0 Å². The number of aryl methyl sites for hydroxylation is 1. The lowest BCUT2D eigenvalue weighted by atomic mass is 9.94. The number of ether oxygens (including phenoxy) is 3. The van der Waals surface area contributed by atoms with E-state index in [9.17, 15) is 4.79 Å². The second kappa shape index (κ2) is 9.16. The largest absolute Gasteiger partial charge is 0.496 e. The number of rotatable bonds is 3. The van der Waals surface area contributed by atoms with Crippen molar-refractivity contribution in [2.24, 2.45) is 0 Å². The van der Waals surface area contributed by atoms with Crippen LogP contribution in [0, 0.1) is 13.8 Å². The molecule has 0 spiro atoms. The van der Waals surface area contributed by atoms with E-state index in [2.05, 4.69) is 36.9 Å². The van der Waals surface area contributed by atoms with Crippen LogP contribution in [-0.2, 0) is 24.1 Å². The Morgan fingerprint density at radius 2 is 1.85 bits per heavy atom. The van der Waals surface area contributed by atoms with Crippen molar-refractivity contribution in [1.82, 2.24) is 4.90 Å². The first-order chi connectivity index (χ1) is 15.7. The monoisotopic (exact) mass is 452 g/mol. The molecular formula is C27H36N2O4. The van der Waals surface area contributed by atoms with E-state index in [1.165, 1.54) is 27.8 Å². The molecule has 0 fully saturated rings. The Morgan fingerprint density at radius 3 is 2.58 bits per heavy atom. The van der Waals surface area contributed by atoms with Crippen LogP contribution >= 0.6 is 0 Å². The van der Waals surface area contributed by atoms with Gasteiger partial charge in [0.05, 0.1) is 19.3 Å². The molecule has 2 heterocycles. The summed E-state index contributed by atoms with van der Waals surface area (Å²) in [5.41, 5.74) is 6.92. The molecule has 0 bridgehead atoms. The molecule has 2 aromatic rings. The number of carbonyl (C=O) groups excluding carboxylic acids is 1. The highest BCUT2D eigenvalue weighted by Crippen LogP contribution is 2.41. The van der Waals surface area contributed by atoms with Gasteiger partial charge in [0.2, 0.25) is 0 Å². The zero-order valence-electron chi connectivity index (χ0n) is 20.8. The second-order valence-corrected chi connectivity index (χ2v) is 10.0. The van der Waals surface area contributed by atoms with E-state index in [1.807, 2.05) is 31.7 Å². The third-order valence-corrected chi connectivity index (χ3v) is 6.40. The van der Waals surface area contributed by atoms with Crippen LogP contribution in [-0.4, -0.2) is 49.9 Å². The zero-order chi connectivity index (χ0) is 23.8. The first-order valence-corrected chi connectivity index (χ1v) is 11.8. The molecule has 0 aliphatic carbocycles. The van der Waals surface area contributed by atoms with Gasteiger partial charge < -0.3 is 24.0 Å². The number of carbonyl (C=O) groups is 1. The molecule has 0 unspecified atom stereocenters. The predicted molar refractivity (Wildman–Crippen MR) is 131 cm³/mol. The van der Waals surface area contributed by atoms with Crippen LogP contribution in [0.1, 0.15) is 48.6 Å². The molecule has 4 rings (SSSR count). The van der Waals surface area contributed by atoms with Crippen molar-refractivity contribution in [2.75, 3.05) is 38.3 Å². The van der Waals surface area contributed by atoms with Crippen molar-refractivity contribution < 1.29 is 19.0 Å². The first kappa shape index (κ1) is 23.3. The molecule has 0 N–H and O–H groups in total. The standard InChI is InChI=1S/C27H36N2O4/c1-18-7-8-23(31-6)21(15-18)17-29-13-14-32-24-16-20-9-11-28(26(30)33-27(3,4)5)12-10-22(20)19(2)25(24)29/h7-8,15-16H,9-14,17H2,1-6H3. The number of hydrogen-bond donors (Lipinski definition) is 0. The van der Waals surface area contributed by atoms with Gasteiger partial charge in [0.1, 0.15) is 23.7 Å². The van der Waals surface area contributed by atoms with Crippen LogP contribution in [0.2, 0.25) is 0 Å². The van der Waals surface area contributed by atoms with Crippen molar-refractivity contribution in [3.05, 3.63) is 52.1 Å². The van der Waals surface area contributed by atoms with Crippen molar-refractivity contribution in [3.63, 3.8) is 0 Å². The van der Waals surface area contributed by atoms with E-state index < -0.39 is 5.60 Å². The minimum absolute atomic E-state index is 0.234. The second-order valence-electron chi connectivity index (χ2n) is 10.0. The third kappa shape index (κ3) is 5.05. The van der Waals surface area contributed by atoms with Gasteiger partial charge in [-0.15, -0.1) is 0 Å². The summed E-state index contributed by atoms with van der Waals surface area (Å²) in [5.74, 6) is 1.85. The summed E-state index contributed by atoms with van der Waals surface area (Å²) in [4.78, 5) is 16.9. The quantitative estimate of drug-likeness (QED) is 0.653. The zero-order valence-corrected chi connectivity index (χ0v) is 20.8. The van der Waals surface area contributed by atoms with E-state index in [1.54, 1.807) is 7.11 Å². The summed E-state index contributed by atoms with van der Waals surface area (Å²) in [6.45, 7) is 13.6. The smallest absolute Gasteiger partial charge is 0.410 e. The number of benzene rings is 2. The van der Waals surface area contributed by atoms with Crippen molar-refractivity contribution >= 4 is 11.8 Å². The van der Waals surface area contributed by atoms with E-state index in [0.29, 0.717) is 19.7 Å². The van der Waals surface area contributed by atoms with Crippen molar-refractivity contribution in [2.45, 2.75) is 59.6 Å². The molecule has 2 aliphatic heterocycles. The summed E-state index contributed by atoms with van der Waals surface area (Å²) in [5, 5.41) is 0.